The van der Waals surface area contributed by atoms with Crippen molar-refractivity contribution < 1.29 is 0 Å². The Balaban J connectivity index is 2.94. The summed E-state index contributed by atoms with van der Waals surface area (Å²) in [5.74, 6) is 0. The van der Waals surface area contributed by atoms with E-state index in [1.807, 2.05) is 0 Å². The first-order valence-corrected chi connectivity index (χ1v) is 4.97. The Morgan fingerprint density at radius 1 is 1.33 bits per heavy atom. The molecule has 0 unspecified atom stereocenters. The fourth-order valence-electron chi connectivity index (χ4n) is 1.24. The van der Waals surface area contributed by atoms with E-state index in [1.165, 1.54) is 15.2 Å². The Morgan fingerprint density at radius 3 is 2.83 bits per heavy atom. The van der Waals surface area contributed by atoms with E-state index in [2.05, 4.69) is 35.3 Å². The average Bonchev–Trinajstić information content (AvgIpc) is 2.48. The Hall–Kier alpha value is -0.744. The monoisotopic (exact) mass is 215 g/mol. The van der Waals surface area contributed by atoms with Crippen molar-refractivity contribution in [2.75, 3.05) is 0 Å². The molecule has 2 rings (SSSR count). The van der Waals surface area contributed by atoms with E-state index in [1.54, 1.807) is 18.6 Å². The molecule has 4 heteroatoms. The van der Waals surface area contributed by atoms with Gasteiger partial charge in [-0.05, 0) is 0 Å². The van der Waals surface area contributed by atoms with Crippen LogP contribution in [0, 0.1) is 13.8 Å². The number of fused-ring (bicyclic) bond motifs is 1. The summed E-state index contributed by atoms with van der Waals surface area (Å²) >= 11 is 1.61. The Morgan fingerprint density at radius 2 is 2.08 bits per heavy atom. The molecule has 0 saturated heterocycles. The molecule has 0 aliphatic carbocycles. The van der Waals surface area contributed by atoms with E-state index in [9.17, 15) is 0 Å². The molecule has 1 aromatic heterocycles. The average molecular weight is 216 g/mol. The molecule has 0 atom stereocenters. The number of aromatic amines is 1. The van der Waals surface area contributed by atoms with Crippen LogP contribution in [0.25, 0.3) is 11.0 Å². The van der Waals surface area contributed by atoms with Gasteiger partial charge >= 0.3 is 80.2 Å². The molecule has 0 bridgehead atoms. The number of benzene rings is 1. The molecular formula is C8H8GaN3. The number of hydrogen-bond donors (Lipinski definition) is 1. The van der Waals surface area contributed by atoms with E-state index in [0.717, 1.165) is 11.0 Å². The van der Waals surface area contributed by atoms with Crippen molar-refractivity contribution >= 4 is 33.8 Å². The molecule has 0 fully saturated rings. The number of nitrogens with zero attached hydrogens (tertiary/aromatic N) is 2. The van der Waals surface area contributed by atoms with Gasteiger partial charge in [-0.2, -0.15) is 0 Å². The Bertz CT molecular complexity index is 433. The van der Waals surface area contributed by atoms with Crippen LogP contribution in [-0.4, -0.2) is 34.0 Å². The number of H-pyrrole nitrogens is 1. The van der Waals surface area contributed by atoms with Crippen molar-refractivity contribution in [3.05, 3.63) is 17.2 Å². The third kappa shape index (κ3) is 0.989. The van der Waals surface area contributed by atoms with Gasteiger partial charge in [-0.1, -0.05) is 0 Å². The van der Waals surface area contributed by atoms with E-state index in [-0.39, 0.29) is 0 Å². The molecule has 12 heavy (non-hydrogen) atoms. The second-order valence-electron chi connectivity index (χ2n) is 2.92. The van der Waals surface area contributed by atoms with Gasteiger partial charge in [0.25, 0.3) is 0 Å². The quantitative estimate of drug-likeness (QED) is 0.646. The van der Waals surface area contributed by atoms with Gasteiger partial charge in [0, 0.05) is 0 Å². The molecular weight excluding hydrogens is 208 g/mol. The van der Waals surface area contributed by atoms with Gasteiger partial charge in [0.2, 0.25) is 0 Å². The van der Waals surface area contributed by atoms with Crippen LogP contribution in [0.2, 0.25) is 0 Å². The zero-order valence-electron chi connectivity index (χ0n) is 7.05. The van der Waals surface area contributed by atoms with Gasteiger partial charge in [0.1, 0.15) is 0 Å². The first-order chi connectivity index (χ1) is 5.70. The Kier molecular flexibility index (Phi) is 1.73. The van der Waals surface area contributed by atoms with Crippen LogP contribution in [-0.2, 0) is 0 Å². The van der Waals surface area contributed by atoms with Crippen LogP contribution >= 0.6 is 0 Å². The van der Waals surface area contributed by atoms with E-state index >= 15 is 0 Å². The van der Waals surface area contributed by atoms with E-state index < -0.39 is 0 Å². The molecule has 0 aliphatic rings. The normalized spacial score (nSPS) is 10.8. The van der Waals surface area contributed by atoms with Gasteiger partial charge in [-0.15, -0.1) is 0 Å². The zero-order chi connectivity index (χ0) is 8.72. The van der Waals surface area contributed by atoms with Crippen LogP contribution in [0.3, 0.4) is 0 Å². The third-order valence-electron chi connectivity index (χ3n) is 2.18. The van der Waals surface area contributed by atoms with Gasteiger partial charge in [0.15, 0.2) is 0 Å². The van der Waals surface area contributed by atoms with Gasteiger partial charge in [-0.3, -0.25) is 0 Å². The van der Waals surface area contributed by atoms with E-state index in [4.69, 9.17) is 0 Å². The predicted molar refractivity (Wildman–Crippen MR) is 48.8 cm³/mol. The number of nitrogens with one attached hydrogen (secondary N) is 1. The molecule has 1 N–H and O–H groups in total. The standard InChI is InChI=1S/C8H8N3.Ga/c1-5-3-7-8(4-6(5)2)10-11-9-7;/h3H,1-2H3,(H,9,10,11);. The van der Waals surface area contributed by atoms with Crippen LogP contribution in [0.5, 0.6) is 0 Å². The third-order valence-corrected chi connectivity index (χ3v) is 3.66. The first kappa shape index (κ1) is 7.88. The minimum absolute atomic E-state index is 0.970. The summed E-state index contributed by atoms with van der Waals surface area (Å²) < 4.78 is 1.28. The van der Waals surface area contributed by atoms with Crippen molar-refractivity contribution in [3.8, 4) is 0 Å². The summed E-state index contributed by atoms with van der Waals surface area (Å²) in [6.45, 7) is 4.23. The molecule has 1 aromatic carbocycles. The minimum atomic E-state index is 0.970. The van der Waals surface area contributed by atoms with Crippen LogP contribution in [0.15, 0.2) is 6.07 Å². The molecule has 0 saturated carbocycles. The molecule has 3 nitrogen and oxygen atoms in total. The maximum atomic E-state index is 4.10. The molecule has 2 aromatic rings. The molecule has 0 amide bonds. The van der Waals surface area contributed by atoms with Crippen molar-refractivity contribution in [2.45, 2.75) is 13.8 Å². The molecule has 58 valence electrons. The number of aryl methyl sites for hydroxylation is 1. The van der Waals surface area contributed by atoms with Gasteiger partial charge < -0.3 is 0 Å². The van der Waals surface area contributed by atoms with Gasteiger partial charge in [-0.25, -0.2) is 0 Å². The van der Waals surface area contributed by atoms with Gasteiger partial charge in [0.05, 0.1) is 0 Å². The molecule has 0 spiro atoms. The maximum absolute atomic E-state index is 4.10. The second-order valence-corrected chi connectivity index (χ2v) is 4.13. The van der Waals surface area contributed by atoms with Crippen LogP contribution in [0.1, 0.15) is 11.1 Å². The molecule has 2 radical (unpaired) electrons. The zero-order valence-corrected chi connectivity index (χ0v) is 9.47. The van der Waals surface area contributed by atoms with Crippen LogP contribution < -0.4 is 4.12 Å². The fraction of sp³-hybridized carbons (Fsp3) is 0.250. The molecule has 1 heterocycles. The Labute approximate surface area is 80.5 Å². The molecule has 0 aliphatic heterocycles. The predicted octanol–water partition coefficient (Wildman–Crippen LogP) is 0.369. The SMILES string of the molecule is Cc1cc2n[nH]nc2[c]([Ga])c1C. The van der Waals surface area contributed by atoms with E-state index in [0.29, 0.717) is 0 Å². The summed E-state index contributed by atoms with van der Waals surface area (Å²) in [5.41, 5.74) is 4.60. The van der Waals surface area contributed by atoms with Crippen molar-refractivity contribution in [1.82, 2.24) is 15.4 Å². The second kappa shape index (κ2) is 2.64. The first-order valence-electron chi connectivity index (χ1n) is 3.76. The number of aromatic nitrogens is 3. The van der Waals surface area contributed by atoms with Crippen molar-refractivity contribution in [2.24, 2.45) is 0 Å². The van der Waals surface area contributed by atoms with Crippen molar-refractivity contribution in [1.29, 1.82) is 0 Å². The summed E-state index contributed by atoms with van der Waals surface area (Å²) in [6, 6.07) is 2.07. The fourth-order valence-corrected chi connectivity index (χ4v) is 2.16. The number of hydrogen-bond acceptors (Lipinski definition) is 2. The van der Waals surface area contributed by atoms with Crippen LogP contribution in [0.4, 0.5) is 0 Å². The topological polar surface area (TPSA) is 41.6 Å². The summed E-state index contributed by atoms with van der Waals surface area (Å²) in [4.78, 5) is 0. The summed E-state index contributed by atoms with van der Waals surface area (Å²) in [6.07, 6.45) is 0. The number of rotatable bonds is 0. The van der Waals surface area contributed by atoms with Crippen molar-refractivity contribution in [3.63, 3.8) is 0 Å². The summed E-state index contributed by atoms with van der Waals surface area (Å²) in [5, 5.41) is 10.8. The summed E-state index contributed by atoms with van der Waals surface area (Å²) in [7, 11) is 0.